The third-order valence-electron chi connectivity index (χ3n) is 4.93. The van der Waals surface area contributed by atoms with E-state index in [9.17, 15) is 19.5 Å². The van der Waals surface area contributed by atoms with E-state index in [-0.39, 0.29) is 18.6 Å². The van der Waals surface area contributed by atoms with Crippen LogP contribution in [0.4, 0.5) is 0 Å². The predicted octanol–water partition coefficient (Wildman–Crippen LogP) is 2.53. The van der Waals surface area contributed by atoms with Gasteiger partial charge in [-0.2, -0.15) is 0 Å². The molecular formula is C21H20O5. The summed E-state index contributed by atoms with van der Waals surface area (Å²) >= 11 is 0. The standard InChI is InChI=1S/C21H20O5/c1-26-20(24)18-16(19(23)14-8-4-2-5-9-14)12-21(25,13-17(18)22)15-10-6-3-7-11-15/h2-11,16,18,25H,12-13H2,1H3/t16-,18+,21-/m1/s1. The van der Waals surface area contributed by atoms with Gasteiger partial charge in [0.25, 0.3) is 0 Å². The van der Waals surface area contributed by atoms with Gasteiger partial charge in [0.1, 0.15) is 5.92 Å². The van der Waals surface area contributed by atoms with Gasteiger partial charge in [0.15, 0.2) is 11.6 Å². The lowest BCUT2D eigenvalue weighted by atomic mass is 9.66. The maximum Gasteiger partial charge on any atom is 0.316 e. The molecule has 0 amide bonds. The molecule has 2 aromatic carbocycles. The van der Waals surface area contributed by atoms with Crippen molar-refractivity contribution < 1.29 is 24.2 Å². The average molecular weight is 352 g/mol. The number of carbonyl (C=O) groups excluding carboxylic acids is 3. The highest BCUT2D eigenvalue weighted by atomic mass is 16.5. The van der Waals surface area contributed by atoms with Crippen LogP contribution in [-0.4, -0.2) is 29.8 Å². The van der Waals surface area contributed by atoms with Gasteiger partial charge < -0.3 is 9.84 Å². The molecule has 1 aliphatic rings. The Balaban J connectivity index is 2.02. The Morgan fingerprint density at radius 1 is 1.04 bits per heavy atom. The van der Waals surface area contributed by atoms with Crippen LogP contribution in [0.25, 0.3) is 0 Å². The number of methoxy groups -OCH3 is 1. The van der Waals surface area contributed by atoms with E-state index in [2.05, 4.69) is 0 Å². The number of aliphatic hydroxyl groups is 1. The van der Waals surface area contributed by atoms with Gasteiger partial charge >= 0.3 is 5.97 Å². The lowest BCUT2D eigenvalue weighted by Gasteiger charge is -2.39. The SMILES string of the molecule is COC(=O)[C@@H]1C(=O)C[C@@](O)(c2ccccc2)C[C@H]1C(=O)c1ccccc1. The Labute approximate surface area is 151 Å². The Morgan fingerprint density at radius 3 is 2.19 bits per heavy atom. The zero-order chi connectivity index (χ0) is 18.7. The van der Waals surface area contributed by atoms with E-state index in [0.717, 1.165) is 0 Å². The molecule has 1 aliphatic carbocycles. The molecule has 1 N–H and O–H groups in total. The summed E-state index contributed by atoms with van der Waals surface area (Å²) in [6, 6.07) is 17.3. The van der Waals surface area contributed by atoms with E-state index in [4.69, 9.17) is 4.74 Å². The van der Waals surface area contributed by atoms with E-state index in [0.29, 0.717) is 11.1 Å². The molecule has 1 fully saturated rings. The van der Waals surface area contributed by atoms with Gasteiger partial charge in [-0.3, -0.25) is 14.4 Å². The minimum atomic E-state index is -1.49. The molecule has 0 aliphatic heterocycles. The first-order chi connectivity index (χ1) is 12.5. The number of hydrogen-bond donors (Lipinski definition) is 1. The molecule has 0 bridgehead atoms. The number of rotatable bonds is 4. The molecule has 3 rings (SSSR count). The summed E-state index contributed by atoms with van der Waals surface area (Å²) in [5, 5.41) is 11.1. The molecule has 26 heavy (non-hydrogen) atoms. The van der Waals surface area contributed by atoms with Crippen molar-refractivity contribution in [1.82, 2.24) is 0 Å². The maximum atomic E-state index is 13.0. The monoisotopic (exact) mass is 352 g/mol. The van der Waals surface area contributed by atoms with Gasteiger partial charge in [0, 0.05) is 17.9 Å². The molecule has 2 aromatic rings. The van der Waals surface area contributed by atoms with Gasteiger partial charge in [0.2, 0.25) is 0 Å². The highest BCUT2D eigenvalue weighted by Crippen LogP contribution is 2.42. The summed E-state index contributed by atoms with van der Waals surface area (Å²) in [4.78, 5) is 37.9. The molecule has 5 nitrogen and oxygen atoms in total. The summed E-state index contributed by atoms with van der Waals surface area (Å²) in [6.07, 6.45) is -0.244. The molecule has 0 radical (unpaired) electrons. The summed E-state index contributed by atoms with van der Waals surface area (Å²) in [5.41, 5.74) is -0.531. The average Bonchev–Trinajstić information content (AvgIpc) is 2.67. The van der Waals surface area contributed by atoms with Crippen LogP contribution in [0.15, 0.2) is 60.7 Å². The molecule has 134 valence electrons. The van der Waals surface area contributed by atoms with Gasteiger partial charge in [-0.15, -0.1) is 0 Å². The lowest BCUT2D eigenvalue weighted by Crippen LogP contribution is -2.48. The topological polar surface area (TPSA) is 80.7 Å². The summed E-state index contributed by atoms with van der Waals surface area (Å²) < 4.78 is 4.76. The second-order valence-electron chi connectivity index (χ2n) is 6.58. The minimum absolute atomic E-state index is 0.0176. The number of Topliss-reactive ketones (excluding diaryl/α,β-unsaturated/α-hetero) is 2. The number of carbonyl (C=O) groups is 3. The van der Waals surface area contributed by atoms with Gasteiger partial charge in [-0.1, -0.05) is 60.7 Å². The van der Waals surface area contributed by atoms with Gasteiger partial charge in [0.05, 0.1) is 12.7 Å². The van der Waals surface area contributed by atoms with Crippen molar-refractivity contribution in [1.29, 1.82) is 0 Å². The number of ketones is 2. The van der Waals surface area contributed by atoms with Crippen LogP contribution < -0.4 is 0 Å². The molecule has 0 unspecified atom stereocenters. The first kappa shape index (κ1) is 18.0. The zero-order valence-electron chi connectivity index (χ0n) is 14.4. The predicted molar refractivity (Wildman–Crippen MR) is 94.3 cm³/mol. The number of ether oxygens (including phenoxy) is 1. The third-order valence-corrected chi connectivity index (χ3v) is 4.93. The van der Waals surface area contributed by atoms with E-state index < -0.39 is 29.2 Å². The van der Waals surface area contributed by atoms with Gasteiger partial charge in [-0.05, 0) is 12.0 Å². The van der Waals surface area contributed by atoms with Crippen molar-refractivity contribution in [2.75, 3.05) is 7.11 Å². The normalized spacial score (nSPS) is 25.5. The number of benzene rings is 2. The summed E-state index contributed by atoms with van der Waals surface area (Å²) in [6.45, 7) is 0. The van der Waals surface area contributed by atoms with Crippen LogP contribution in [0.3, 0.4) is 0 Å². The van der Waals surface area contributed by atoms with Gasteiger partial charge in [-0.25, -0.2) is 0 Å². The van der Waals surface area contributed by atoms with Crippen LogP contribution in [0.1, 0.15) is 28.8 Å². The fraction of sp³-hybridized carbons (Fsp3) is 0.286. The van der Waals surface area contributed by atoms with Crippen LogP contribution in [0.2, 0.25) is 0 Å². The molecule has 0 heterocycles. The highest BCUT2D eigenvalue weighted by Gasteiger charge is 2.51. The molecule has 0 spiro atoms. The van der Waals surface area contributed by atoms with E-state index >= 15 is 0 Å². The zero-order valence-corrected chi connectivity index (χ0v) is 14.4. The largest absolute Gasteiger partial charge is 0.468 e. The Kier molecular flexibility index (Phi) is 5.00. The maximum absolute atomic E-state index is 13.0. The lowest BCUT2D eigenvalue weighted by molar-refractivity contribution is -0.157. The second-order valence-corrected chi connectivity index (χ2v) is 6.58. The van der Waals surface area contributed by atoms with Crippen molar-refractivity contribution in [2.45, 2.75) is 18.4 Å². The molecule has 1 saturated carbocycles. The van der Waals surface area contributed by atoms with E-state index in [1.54, 1.807) is 60.7 Å². The van der Waals surface area contributed by atoms with Crippen LogP contribution >= 0.6 is 0 Å². The number of esters is 1. The minimum Gasteiger partial charge on any atom is -0.468 e. The second kappa shape index (κ2) is 7.22. The Morgan fingerprint density at radius 2 is 1.62 bits per heavy atom. The molecule has 5 heteroatoms. The molecule has 3 atom stereocenters. The Bertz CT molecular complexity index is 815. The van der Waals surface area contributed by atoms with Crippen molar-refractivity contribution >= 4 is 17.5 Å². The molecular weight excluding hydrogens is 332 g/mol. The first-order valence-corrected chi connectivity index (χ1v) is 8.44. The van der Waals surface area contributed by atoms with Crippen molar-refractivity contribution in [3.8, 4) is 0 Å². The van der Waals surface area contributed by atoms with Crippen LogP contribution in [0.5, 0.6) is 0 Å². The molecule has 0 saturated heterocycles. The van der Waals surface area contributed by atoms with Crippen molar-refractivity contribution in [3.05, 3.63) is 71.8 Å². The van der Waals surface area contributed by atoms with Crippen molar-refractivity contribution in [3.63, 3.8) is 0 Å². The van der Waals surface area contributed by atoms with Crippen LogP contribution in [-0.2, 0) is 19.9 Å². The fourth-order valence-corrected chi connectivity index (χ4v) is 3.63. The number of hydrogen-bond acceptors (Lipinski definition) is 5. The third kappa shape index (κ3) is 3.30. The molecule has 0 aromatic heterocycles. The quantitative estimate of drug-likeness (QED) is 0.519. The smallest absolute Gasteiger partial charge is 0.316 e. The highest BCUT2D eigenvalue weighted by molar-refractivity contribution is 6.08. The van der Waals surface area contributed by atoms with Crippen molar-refractivity contribution in [2.24, 2.45) is 11.8 Å². The van der Waals surface area contributed by atoms with E-state index in [1.807, 2.05) is 0 Å². The fourth-order valence-electron chi connectivity index (χ4n) is 3.63. The van der Waals surface area contributed by atoms with Crippen LogP contribution in [0, 0.1) is 11.8 Å². The van der Waals surface area contributed by atoms with E-state index in [1.165, 1.54) is 7.11 Å². The first-order valence-electron chi connectivity index (χ1n) is 8.44. The summed E-state index contributed by atoms with van der Waals surface area (Å²) in [7, 11) is 1.19. The summed E-state index contributed by atoms with van der Waals surface area (Å²) in [5.74, 6) is -3.74. The Hall–Kier alpha value is -2.79.